The fourth-order valence-electron chi connectivity index (χ4n) is 4.81. The van der Waals surface area contributed by atoms with Gasteiger partial charge in [-0.25, -0.2) is 4.39 Å². The summed E-state index contributed by atoms with van der Waals surface area (Å²) in [5.74, 6) is -0.934. The Balaban J connectivity index is 1.54. The van der Waals surface area contributed by atoms with Crippen LogP contribution in [0.25, 0.3) is 0 Å². The normalized spacial score (nSPS) is 18.5. The number of aromatic nitrogens is 1. The number of nitrogens with one attached hydrogen (secondary N) is 1. The second kappa shape index (κ2) is 9.24. The number of amides is 2. The highest BCUT2D eigenvalue weighted by Gasteiger charge is 2.29. The maximum Gasteiger partial charge on any atom is 0.263 e. The monoisotopic (exact) mass is 440 g/mol. The maximum absolute atomic E-state index is 13.2. The number of aryl methyl sites for hydroxylation is 1. The summed E-state index contributed by atoms with van der Waals surface area (Å²) in [4.78, 5) is 42.8. The van der Waals surface area contributed by atoms with Gasteiger partial charge < -0.3 is 14.8 Å². The molecule has 0 radical (unpaired) electrons. The van der Waals surface area contributed by atoms with Gasteiger partial charge in [0.1, 0.15) is 11.4 Å². The van der Waals surface area contributed by atoms with Crippen molar-refractivity contribution in [3.8, 4) is 0 Å². The van der Waals surface area contributed by atoms with E-state index >= 15 is 0 Å². The fraction of sp³-hybridized carbons (Fsp3) is 0.458. The van der Waals surface area contributed by atoms with Gasteiger partial charge in [-0.05, 0) is 67.7 Å². The lowest BCUT2D eigenvalue weighted by Crippen LogP contribution is -2.44. The van der Waals surface area contributed by atoms with Crippen molar-refractivity contribution in [1.29, 1.82) is 0 Å². The summed E-state index contributed by atoms with van der Waals surface area (Å²) < 4.78 is 14.6. The van der Waals surface area contributed by atoms with Crippen molar-refractivity contribution in [2.45, 2.75) is 38.8 Å². The number of hydrogen-bond donors (Lipinski definition) is 1. The van der Waals surface area contributed by atoms with Crippen LogP contribution in [0.4, 0.5) is 4.39 Å². The van der Waals surface area contributed by atoms with Crippen LogP contribution < -0.4 is 10.9 Å². The zero-order chi connectivity index (χ0) is 22.8. The van der Waals surface area contributed by atoms with Crippen molar-refractivity contribution >= 4 is 11.8 Å². The summed E-state index contributed by atoms with van der Waals surface area (Å²) >= 11 is 0. The standard InChI is InChI=1S/C24H29FN4O3/c1-3-28-11-4-5-19(28)13-26-22(30)21-20-10-12-29(15-17(20)14-27(2)24(21)32)23(31)16-6-8-18(25)9-7-16/h6-9,14,19H,3-5,10-13,15H2,1-2H3,(H,26,30). The molecule has 1 saturated heterocycles. The van der Waals surface area contributed by atoms with Gasteiger partial charge in [0, 0.05) is 44.5 Å². The summed E-state index contributed by atoms with van der Waals surface area (Å²) in [7, 11) is 1.62. The molecular weight excluding hydrogens is 411 g/mol. The van der Waals surface area contributed by atoms with Gasteiger partial charge in [-0.1, -0.05) is 6.92 Å². The number of benzene rings is 1. The number of likely N-dealkylation sites (tertiary alicyclic amines) is 1. The van der Waals surface area contributed by atoms with Crippen LogP contribution in [0, 0.1) is 5.82 Å². The average Bonchev–Trinajstić information content (AvgIpc) is 3.26. The van der Waals surface area contributed by atoms with Crippen molar-refractivity contribution in [3.05, 3.63) is 68.9 Å². The Kier molecular flexibility index (Phi) is 6.41. The molecule has 1 atom stereocenters. The second-order valence-corrected chi connectivity index (χ2v) is 8.54. The van der Waals surface area contributed by atoms with E-state index in [-0.39, 0.29) is 22.9 Å². The number of halogens is 1. The molecule has 2 aromatic rings. The maximum atomic E-state index is 13.2. The van der Waals surface area contributed by atoms with E-state index in [1.807, 2.05) is 0 Å². The highest BCUT2D eigenvalue weighted by Crippen LogP contribution is 2.23. The molecule has 4 rings (SSSR count). The Hall–Kier alpha value is -3.00. The zero-order valence-electron chi connectivity index (χ0n) is 18.6. The second-order valence-electron chi connectivity index (χ2n) is 8.54. The van der Waals surface area contributed by atoms with Gasteiger partial charge >= 0.3 is 0 Å². The Labute approximate surface area is 186 Å². The Morgan fingerprint density at radius 3 is 2.66 bits per heavy atom. The average molecular weight is 441 g/mol. The third-order valence-corrected chi connectivity index (χ3v) is 6.57. The number of fused-ring (bicyclic) bond motifs is 1. The van der Waals surface area contributed by atoms with Gasteiger partial charge in [-0.15, -0.1) is 0 Å². The topological polar surface area (TPSA) is 74.7 Å². The van der Waals surface area contributed by atoms with Crippen LogP contribution in [0.1, 0.15) is 51.6 Å². The van der Waals surface area contributed by atoms with E-state index in [9.17, 15) is 18.8 Å². The van der Waals surface area contributed by atoms with Gasteiger partial charge in [0.2, 0.25) is 0 Å². The summed E-state index contributed by atoms with van der Waals surface area (Å²) in [6.07, 6.45) is 4.29. The van der Waals surface area contributed by atoms with Crippen LogP contribution in [-0.4, -0.2) is 58.4 Å². The molecule has 0 spiro atoms. The van der Waals surface area contributed by atoms with Gasteiger partial charge in [-0.3, -0.25) is 19.3 Å². The van der Waals surface area contributed by atoms with Crippen molar-refractivity contribution in [2.75, 3.05) is 26.2 Å². The Morgan fingerprint density at radius 2 is 1.94 bits per heavy atom. The minimum absolute atomic E-state index is 0.180. The number of carbonyl (C=O) groups excluding carboxylic acids is 2. The van der Waals surface area contributed by atoms with Crippen LogP contribution in [0.3, 0.4) is 0 Å². The van der Waals surface area contributed by atoms with E-state index in [2.05, 4.69) is 17.1 Å². The predicted molar refractivity (Wildman–Crippen MR) is 119 cm³/mol. The molecule has 3 heterocycles. The number of hydrogen-bond acceptors (Lipinski definition) is 4. The van der Waals surface area contributed by atoms with Gasteiger partial charge in [-0.2, -0.15) is 0 Å². The van der Waals surface area contributed by atoms with Crippen LogP contribution in [-0.2, 0) is 20.0 Å². The summed E-state index contributed by atoms with van der Waals surface area (Å²) in [6, 6.07) is 5.77. The molecule has 0 bridgehead atoms. The summed E-state index contributed by atoms with van der Waals surface area (Å²) in [5, 5.41) is 2.98. The van der Waals surface area contributed by atoms with Crippen LogP contribution in [0.2, 0.25) is 0 Å². The first kappa shape index (κ1) is 22.2. The molecular formula is C24H29FN4O3. The third kappa shape index (κ3) is 4.32. The lowest BCUT2D eigenvalue weighted by atomic mass is 9.95. The quantitative estimate of drug-likeness (QED) is 0.771. The highest BCUT2D eigenvalue weighted by molar-refractivity contribution is 5.96. The smallest absolute Gasteiger partial charge is 0.263 e. The SMILES string of the molecule is CCN1CCCC1CNC(=O)c1c2c(cn(C)c1=O)CN(C(=O)c1ccc(F)cc1)CC2. The van der Waals surface area contributed by atoms with E-state index < -0.39 is 5.82 Å². The van der Waals surface area contributed by atoms with Crippen LogP contribution in [0.15, 0.2) is 35.3 Å². The predicted octanol–water partition coefficient (Wildman–Crippen LogP) is 1.94. The minimum atomic E-state index is -0.393. The lowest BCUT2D eigenvalue weighted by molar-refractivity contribution is 0.0734. The summed E-state index contributed by atoms with van der Waals surface area (Å²) in [5.41, 5.74) is 1.77. The number of carbonyl (C=O) groups is 2. The molecule has 1 aromatic heterocycles. The van der Waals surface area contributed by atoms with E-state index in [4.69, 9.17) is 0 Å². The molecule has 7 nitrogen and oxygen atoms in total. The van der Waals surface area contributed by atoms with Crippen molar-refractivity contribution < 1.29 is 14.0 Å². The zero-order valence-corrected chi connectivity index (χ0v) is 18.6. The molecule has 2 aliphatic rings. The van der Waals surface area contributed by atoms with Crippen molar-refractivity contribution in [3.63, 3.8) is 0 Å². The van der Waals surface area contributed by atoms with E-state index in [1.165, 1.54) is 28.8 Å². The van der Waals surface area contributed by atoms with Gasteiger partial charge in [0.25, 0.3) is 17.4 Å². The summed E-state index contributed by atoms with van der Waals surface area (Å²) in [6.45, 7) is 5.31. The Morgan fingerprint density at radius 1 is 1.19 bits per heavy atom. The number of pyridine rings is 1. The molecule has 0 saturated carbocycles. The molecule has 170 valence electrons. The molecule has 8 heteroatoms. The van der Waals surface area contributed by atoms with E-state index in [0.29, 0.717) is 43.2 Å². The molecule has 2 amide bonds. The molecule has 2 aliphatic heterocycles. The highest BCUT2D eigenvalue weighted by atomic mass is 19.1. The fourth-order valence-corrected chi connectivity index (χ4v) is 4.81. The van der Waals surface area contributed by atoms with E-state index in [1.54, 1.807) is 18.1 Å². The molecule has 0 aliphatic carbocycles. The molecule has 1 unspecified atom stereocenters. The first-order chi connectivity index (χ1) is 15.4. The van der Waals surface area contributed by atoms with Crippen molar-refractivity contribution in [1.82, 2.24) is 19.7 Å². The minimum Gasteiger partial charge on any atom is -0.350 e. The molecule has 1 aromatic carbocycles. The number of nitrogens with zero attached hydrogens (tertiary/aromatic N) is 3. The first-order valence-electron chi connectivity index (χ1n) is 11.2. The molecule has 1 N–H and O–H groups in total. The van der Waals surface area contributed by atoms with Crippen LogP contribution in [0.5, 0.6) is 0 Å². The van der Waals surface area contributed by atoms with Crippen molar-refractivity contribution in [2.24, 2.45) is 7.05 Å². The third-order valence-electron chi connectivity index (χ3n) is 6.57. The number of rotatable bonds is 5. The Bertz CT molecular complexity index is 1080. The first-order valence-corrected chi connectivity index (χ1v) is 11.2. The molecule has 32 heavy (non-hydrogen) atoms. The number of likely N-dealkylation sites (N-methyl/N-ethyl adjacent to an activating group) is 1. The molecule has 1 fully saturated rings. The largest absolute Gasteiger partial charge is 0.350 e. The lowest BCUT2D eigenvalue weighted by Gasteiger charge is -2.30. The van der Waals surface area contributed by atoms with Gasteiger partial charge in [0.15, 0.2) is 0 Å². The van der Waals surface area contributed by atoms with E-state index in [0.717, 1.165) is 31.5 Å². The van der Waals surface area contributed by atoms with Gasteiger partial charge in [0.05, 0.1) is 0 Å². The van der Waals surface area contributed by atoms with Crippen LogP contribution >= 0.6 is 0 Å².